The highest BCUT2D eigenvalue weighted by Crippen LogP contribution is 2.12. The third kappa shape index (κ3) is 4.67. The van der Waals surface area contributed by atoms with Gasteiger partial charge in [0.1, 0.15) is 11.8 Å². The third-order valence-electron chi connectivity index (χ3n) is 3.29. The first-order valence-corrected chi connectivity index (χ1v) is 7.34. The topological polar surface area (TPSA) is 54.3 Å². The highest BCUT2D eigenvalue weighted by atomic mass is 16.3. The molecule has 0 fully saturated rings. The minimum absolute atomic E-state index is 0.0518. The average molecular weight is 286 g/mol. The van der Waals surface area contributed by atoms with Crippen molar-refractivity contribution in [3.05, 3.63) is 54.0 Å². The molecular weight excluding hydrogens is 264 g/mol. The maximum atomic E-state index is 12.0. The minimum Gasteiger partial charge on any atom is -0.467 e. The maximum absolute atomic E-state index is 12.0. The van der Waals surface area contributed by atoms with E-state index < -0.39 is 0 Å². The molecule has 1 heterocycles. The summed E-state index contributed by atoms with van der Waals surface area (Å²) in [4.78, 5) is 12.0. The molecule has 2 rings (SSSR count). The lowest BCUT2D eigenvalue weighted by molar-refractivity contribution is -0.121. The summed E-state index contributed by atoms with van der Waals surface area (Å²) in [5, 5.41) is 6.04. The Bertz CT molecular complexity index is 547. The first-order chi connectivity index (χ1) is 10.2. The van der Waals surface area contributed by atoms with Gasteiger partial charge in [-0.3, -0.25) is 4.79 Å². The van der Waals surface area contributed by atoms with Gasteiger partial charge in [0.2, 0.25) is 5.91 Å². The number of carbonyl (C=O) groups excluding carboxylic acids is 1. The fraction of sp³-hybridized carbons (Fsp3) is 0.353. The molecule has 21 heavy (non-hydrogen) atoms. The van der Waals surface area contributed by atoms with Crippen molar-refractivity contribution in [1.82, 2.24) is 5.32 Å². The number of furan rings is 1. The fourth-order valence-corrected chi connectivity index (χ4v) is 2.11. The van der Waals surface area contributed by atoms with Crippen LogP contribution in [0.5, 0.6) is 0 Å². The standard InChI is InChI=1S/C17H22N2O2/c1-3-5-14-7-9-15(10-8-14)19-13(2)17(20)18-12-16-6-4-11-21-16/h4,6-11,13,19H,3,5,12H2,1-2H3,(H,18,20). The Morgan fingerprint density at radius 2 is 2.00 bits per heavy atom. The van der Waals surface area contributed by atoms with Gasteiger partial charge in [-0.15, -0.1) is 0 Å². The molecule has 112 valence electrons. The van der Waals surface area contributed by atoms with Crippen LogP contribution in [0, 0.1) is 0 Å². The van der Waals surface area contributed by atoms with Crippen LogP contribution in [0.1, 0.15) is 31.6 Å². The summed E-state index contributed by atoms with van der Waals surface area (Å²) in [6.07, 6.45) is 3.82. The van der Waals surface area contributed by atoms with Gasteiger partial charge in [-0.2, -0.15) is 0 Å². The van der Waals surface area contributed by atoms with Crippen molar-refractivity contribution in [2.45, 2.75) is 39.3 Å². The van der Waals surface area contributed by atoms with E-state index in [1.54, 1.807) is 12.3 Å². The Kier molecular flexibility index (Phi) is 5.43. The van der Waals surface area contributed by atoms with E-state index in [9.17, 15) is 4.79 Å². The second-order valence-electron chi connectivity index (χ2n) is 5.11. The van der Waals surface area contributed by atoms with E-state index in [-0.39, 0.29) is 11.9 Å². The Labute approximate surface area is 125 Å². The lowest BCUT2D eigenvalue weighted by Crippen LogP contribution is -2.37. The molecule has 2 N–H and O–H groups in total. The van der Waals surface area contributed by atoms with Crippen LogP contribution in [-0.4, -0.2) is 11.9 Å². The minimum atomic E-state index is -0.294. The first kappa shape index (κ1) is 15.2. The number of hydrogen-bond donors (Lipinski definition) is 2. The van der Waals surface area contributed by atoms with Gasteiger partial charge in [0.25, 0.3) is 0 Å². The maximum Gasteiger partial charge on any atom is 0.242 e. The van der Waals surface area contributed by atoms with Gasteiger partial charge in [-0.1, -0.05) is 25.5 Å². The van der Waals surface area contributed by atoms with Gasteiger partial charge in [-0.05, 0) is 43.2 Å². The first-order valence-electron chi connectivity index (χ1n) is 7.34. The number of nitrogens with one attached hydrogen (secondary N) is 2. The fourth-order valence-electron chi connectivity index (χ4n) is 2.11. The molecular formula is C17H22N2O2. The number of aryl methyl sites for hydroxylation is 1. The predicted octanol–water partition coefficient (Wildman–Crippen LogP) is 3.35. The van der Waals surface area contributed by atoms with Crippen molar-refractivity contribution < 1.29 is 9.21 Å². The molecule has 0 aliphatic rings. The predicted molar refractivity (Wildman–Crippen MR) is 84.1 cm³/mol. The quantitative estimate of drug-likeness (QED) is 0.820. The second kappa shape index (κ2) is 7.53. The monoisotopic (exact) mass is 286 g/mol. The average Bonchev–Trinajstić information content (AvgIpc) is 3.00. The van der Waals surface area contributed by atoms with Gasteiger partial charge in [0.15, 0.2) is 0 Å². The molecule has 1 aromatic carbocycles. The van der Waals surface area contributed by atoms with Crippen molar-refractivity contribution in [2.75, 3.05) is 5.32 Å². The van der Waals surface area contributed by atoms with Gasteiger partial charge in [0, 0.05) is 5.69 Å². The van der Waals surface area contributed by atoms with E-state index in [2.05, 4.69) is 29.7 Å². The number of carbonyl (C=O) groups is 1. The molecule has 0 saturated heterocycles. The van der Waals surface area contributed by atoms with E-state index in [0.29, 0.717) is 6.54 Å². The van der Waals surface area contributed by atoms with Crippen LogP contribution in [0.3, 0.4) is 0 Å². The molecule has 4 heteroatoms. The van der Waals surface area contributed by atoms with Crippen molar-refractivity contribution >= 4 is 11.6 Å². The molecule has 4 nitrogen and oxygen atoms in total. The smallest absolute Gasteiger partial charge is 0.242 e. The summed E-state index contributed by atoms with van der Waals surface area (Å²) in [6.45, 7) is 4.42. The highest BCUT2D eigenvalue weighted by molar-refractivity contribution is 5.84. The van der Waals surface area contributed by atoms with Crippen LogP contribution in [0.25, 0.3) is 0 Å². The second-order valence-corrected chi connectivity index (χ2v) is 5.11. The Morgan fingerprint density at radius 1 is 1.24 bits per heavy atom. The van der Waals surface area contributed by atoms with Crippen molar-refractivity contribution in [1.29, 1.82) is 0 Å². The van der Waals surface area contributed by atoms with Crippen LogP contribution >= 0.6 is 0 Å². The van der Waals surface area contributed by atoms with E-state index in [1.807, 2.05) is 25.1 Å². The summed E-state index contributed by atoms with van der Waals surface area (Å²) in [5.74, 6) is 0.698. The normalized spacial score (nSPS) is 11.9. The third-order valence-corrected chi connectivity index (χ3v) is 3.29. The van der Waals surface area contributed by atoms with Crippen molar-refractivity contribution in [2.24, 2.45) is 0 Å². The molecule has 1 amide bonds. The van der Waals surface area contributed by atoms with E-state index in [1.165, 1.54) is 5.56 Å². The SMILES string of the molecule is CCCc1ccc(NC(C)C(=O)NCc2ccco2)cc1. The van der Waals surface area contributed by atoms with Crippen LogP contribution < -0.4 is 10.6 Å². The number of hydrogen-bond acceptors (Lipinski definition) is 3. The van der Waals surface area contributed by atoms with Crippen LogP contribution in [0.2, 0.25) is 0 Å². The lowest BCUT2D eigenvalue weighted by Gasteiger charge is -2.15. The van der Waals surface area contributed by atoms with Gasteiger partial charge in [-0.25, -0.2) is 0 Å². The van der Waals surface area contributed by atoms with E-state index in [4.69, 9.17) is 4.42 Å². The van der Waals surface area contributed by atoms with E-state index >= 15 is 0 Å². The summed E-state index contributed by atoms with van der Waals surface area (Å²) < 4.78 is 5.18. The zero-order valence-corrected chi connectivity index (χ0v) is 12.6. The van der Waals surface area contributed by atoms with Crippen molar-refractivity contribution in [3.63, 3.8) is 0 Å². The summed E-state index contributed by atoms with van der Waals surface area (Å²) in [6, 6.07) is 11.6. The Balaban J connectivity index is 1.82. The molecule has 0 aliphatic carbocycles. The van der Waals surface area contributed by atoms with Crippen molar-refractivity contribution in [3.8, 4) is 0 Å². The Hall–Kier alpha value is -2.23. The zero-order chi connectivity index (χ0) is 15.1. The summed E-state index contributed by atoms with van der Waals surface area (Å²) >= 11 is 0. The Morgan fingerprint density at radius 3 is 2.62 bits per heavy atom. The van der Waals surface area contributed by atoms with Crippen LogP contribution in [0.15, 0.2) is 47.1 Å². The largest absolute Gasteiger partial charge is 0.467 e. The zero-order valence-electron chi connectivity index (χ0n) is 12.6. The molecule has 2 aromatic rings. The molecule has 0 spiro atoms. The lowest BCUT2D eigenvalue weighted by atomic mass is 10.1. The molecule has 1 unspecified atom stereocenters. The molecule has 0 radical (unpaired) electrons. The van der Waals surface area contributed by atoms with Gasteiger partial charge >= 0.3 is 0 Å². The van der Waals surface area contributed by atoms with Gasteiger partial charge in [0.05, 0.1) is 12.8 Å². The number of amides is 1. The molecule has 0 bridgehead atoms. The molecule has 1 aromatic heterocycles. The number of rotatable bonds is 7. The number of benzene rings is 1. The van der Waals surface area contributed by atoms with Gasteiger partial charge < -0.3 is 15.1 Å². The molecule has 1 atom stereocenters. The summed E-state index contributed by atoms with van der Waals surface area (Å²) in [5.41, 5.74) is 2.27. The number of anilines is 1. The summed E-state index contributed by atoms with van der Waals surface area (Å²) in [7, 11) is 0. The highest BCUT2D eigenvalue weighted by Gasteiger charge is 2.12. The van der Waals surface area contributed by atoms with Crippen LogP contribution in [-0.2, 0) is 17.8 Å². The van der Waals surface area contributed by atoms with E-state index in [0.717, 1.165) is 24.3 Å². The molecule has 0 aliphatic heterocycles. The van der Waals surface area contributed by atoms with Crippen LogP contribution in [0.4, 0.5) is 5.69 Å². The molecule has 0 saturated carbocycles.